The minimum atomic E-state index is -4.13. The van der Waals surface area contributed by atoms with Crippen molar-refractivity contribution in [2.75, 3.05) is 6.61 Å². The van der Waals surface area contributed by atoms with Gasteiger partial charge in [0.05, 0.1) is 6.61 Å². The van der Waals surface area contributed by atoms with Crippen molar-refractivity contribution in [2.24, 2.45) is 0 Å². The van der Waals surface area contributed by atoms with Crippen LogP contribution in [-0.4, -0.2) is 58.4 Å². The lowest BCUT2D eigenvalue weighted by Crippen LogP contribution is -2.44. The summed E-state index contributed by atoms with van der Waals surface area (Å²) in [4.78, 5) is 0. The number of sulfonamides is 1. The Balaban J connectivity index is 1.91. The Morgan fingerprint density at radius 2 is 1.33 bits per heavy atom. The first-order valence-corrected chi connectivity index (χ1v) is 10.1. The molecule has 0 spiro atoms. The molecule has 8 heteroatoms. The average Bonchev–Trinajstić information content (AvgIpc) is 2.98. The van der Waals surface area contributed by atoms with E-state index in [2.05, 4.69) is 0 Å². The molecular formula is C19H23NO6S. The van der Waals surface area contributed by atoms with E-state index in [0.717, 1.165) is 11.1 Å². The van der Waals surface area contributed by atoms with Crippen molar-refractivity contribution >= 4 is 10.0 Å². The largest absolute Gasteiger partial charge is 0.394 e. The highest BCUT2D eigenvalue weighted by Crippen LogP contribution is 2.29. The molecule has 0 aromatic heterocycles. The average molecular weight is 393 g/mol. The maximum Gasteiger partial charge on any atom is 0.244 e. The lowest BCUT2D eigenvalue weighted by molar-refractivity contribution is -0.00929. The molecule has 0 radical (unpaired) electrons. The third-order valence-electron chi connectivity index (χ3n) is 4.56. The van der Waals surface area contributed by atoms with E-state index in [1.54, 1.807) is 0 Å². The fraction of sp³-hybridized carbons (Fsp3) is 0.368. The van der Waals surface area contributed by atoms with Crippen LogP contribution in [0.1, 0.15) is 11.1 Å². The Morgan fingerprint density at radius 3 is 1.74 bits per heavy atom. The van der Waals surface area contributed by atoms with E-state index in [4.69, 9.17) is 4.74 Å². The summed E-state index contributed by atoms with van der Waals surface area (Å²) in [6.07, 6.45) is -4.25. The normalized spacial score (nSPS) is 25.8. The van der Waals surface area contributed by atoms with Crippen LogP contribution < -0.4 is 0 Å². The molecule has 0 unspecified atom stereocenters. The van der Waals surface area contributed by atoms with Crippen LogP contribution in [-0.2, 0) is 27.8 Å². The summed E-state index contributed by atoms with van der Waals surface area (Å²) in [5.41, 5.74) is -0.0791. The Kier molecular flexibility index (Phi) is 6.25. The second-order valence-corrected chi connectivity index (χ2v) is 8.50. The van der Waals surface area contributed by atoms with E-state index in [-0.39, 0.29) is 13.1 Å². The van der Waals surface area contributed by atoms with E-state index in [1.807, 2.05) is 60.7 Å². The molecule has 1 heterocycles. The van der Waals surface area contributed by atoms with Crippen LogP contribution in [0.2, 0.25) is 0 Å². The predicted molar refractivity (Wildman–Crippen MR) is 98.8 cm³/mol. The van der Waals surface area contributed by atoms with E-state index in [1.165, 1.54) is 4.31 Å². The summed E-state index contributed by atoms with van der Waals surface area (Å²) in [5.74, 6) is 0. The molecule has 3 rings (SSSR count). The zero-order valence-corrected chi connectivity index (χ0v) is 15.4. The number of ether oxygens (including phenoxy) is 1. The number of nitrogens with zero attached hydrogens (tertiary/aromatic N) is 1. The summed E-state index contributed by atoms with van der Waals surface area (Å²) < 4.78 is 32.9. The summed E-state index contributed by atoms with van der Waals surface area (Å²) in [6, 6.07) is 18.2. The van der Waals surface area contributed by atoms with Crippen molar-refractivity contribution < 1.29 is 28.5 Å². The van der Waals surface area contributed by atoms with E-state index < -0.39 is 40.4 Å². The first-order valence-electron chi connectivity index (χ1n) is 8.62. The monoisotopic (exact) mass is 393 g/mol. The van der Waals surface area contributed by atoms with E-state index in [9.17, 15) is 23.7 Å². The molecule has 0 bridgehead atoms. The van der Waals surface area contributed by atoms with Gasteiger partial charge in [-0.3, -0.25) is 0 Å². The van der Waals surface area contributed by atoms with Crippen LogP contribution in [0.3, 0.4) is 0 Å². The highest BCUT2D eigenvalue weighted by molar-refractivity contribution is 7.89. The minimum absolute atomic E-state index is 0.0878. The van der Waals surface area contributed by atoms with Crippen molar-refractivity contribution in [1.82, 2.24) is 4.31 Å². The van der Waals surface area contributed by atoms with Crippen molar-refractivity contribution in [2.45, 2.75) is 36.8 Å². The van der Waals surface area contributed by atoms with E-state index >= 15 is 0 Å². The molecule has 0 aliphatic carbocycles. The Morgan fingerprint density at radius 1 is 0.852 bits per heavy atom. The molecule has 1 aliphatic rings. The molecular weight excluding hydrogens is 370 g/mol. The minimum Gasteiger partial charge on any atom is -0.394 e. The SMILES string of the molecule is O=S(=O)([C@@H]1O[C@@H](CO)[C@H](O)[C@H]1O)N(Cc1ccccc1)Cc1ccccc1. The Labute approximate surface area is 158 Å². The molecule has 0 amide bonds. The number of aliphatic hydroxyl groups excluding tert-OH is 3. The van der Waals surface area contributed by atoms with Crippen LogP contribution in [0.15, 0.2) is 60.7 Å². The Hall–Kier alpha value is -1.81. The zero-order valence-electron chi connectivity index (χ0n) is 14.6. The molecule has 1 saturated heterocycles. The molecule has 27 heavy (non-hydrogen) atoms. The second-order valence-electron chi connectivity index (χ2n) is 6.49. The number of hydrogen-bond donors (Lipinski definition) is 3. The van der Waals surface area contributed by atoms with Gasteiger partial charge in [-0.15, -0.1) is 0 Å². The molecule has 1 fully saturated rings. The third kappa shape index (κ3) is 4.37. The van der Waals surface area contributed by atoms with Gasteiger partial charge in [0.15, 0.2) is 0 Å². The van der Waals surface area contributed by atoms with Gasteiger partial charge in [0, 0.05) is 13.1 Å². The molecule has 3 N–H and O–H groups in total. The molecule has 4 atom stereocenters. The highest BCUT2D eigenvalue weighted by atomic mass is 32.2. The standard InChI is InChI=1S/C19H23NO6S/c21-13-16-17(22)18(23)19(26-16)27(24,25)20(11-14-7-3-1-4-8-14)12-15-9-5-2-6-10-15/h1-10,16-19,21-23H,11-13H2/t16-,17-,18+,19-/m0/s1. The maximum atomic E-state index is 13.2. The van der Waals surface area contributed by atoms with Crippen LogP contribution in [0, 0.1) is 0 Å². The second kappa shape index (κ2) is 8.47. The molecule has 2 aromatic rings. The third-order valence-corrected chi connectivity index (χ3v) is 6.51. The molecule has 1 aliphatic heterocycles. The summed E-state index contributed by atoms with van der Waals surface area (Å²) in [5, 5.41) is 29.4. The van der Waals surface area contributed by atoms with Crippen LogP contribution in [0.5, 0.6) is 0 Å². The number of hydrogen-bond acceptors (Lipinski definition) is 6. The topological polar surface area (TPSA) is 107 Å². The van der Waals surface area contributed by atoms with Crippen molar-refractivity contribution in [1.29, 1.82) is 0 Å². The molecule has 2 aromatic carbocycles. The van der Waals surface area contributed by atoms with E-state index in [0.29, 0.717) is 0 Å². The van der Waals surface area contributed by atoms with Crippen LogP contribution >= 0.6 is 0 Å². The fourth-order valence-corrected chi connectivity index (χ4v) is 4.82. The number of benzene rings is 2. The zero-order chi connectivity index (χ0) is 19.4. The highest BCUT2D eigenvalue weighted by Gasteiger charge is 2.50. The lowest BCUT2D eigenvalue weighted by Gasteiger charge is -2.27. The van der Waals surface area contributed by atoms with Crippen LogP contribution in [0.25, 0.3) is 0 Å². The van der Waals surface area contributed by atoms with Gasteiger partial charge in [0.1, 0.15) is 18.3 Å². The quantitative estimate of drug-likeness (QED) is 0.631. The maximum absolute atomic E-state index is 13.2. The summed E-state index contributed by atoms with van der Waals surface area (Å²) in [7, 11) is -4.13. The summed E-state index contributed by atoms with van der Waals surface area (Å²) >= 11 is 0. The van der Waals surface area contributed by atoms with Crippen LogP contribution in [0.4, 0.5) is 0 Å². The van der Waals surface area contributed by atoms with Gasteiger partial charge < -0.3 is 20.1 Å². The molecule has 7 nitrogen and oxygen atoms in total. The van der Waals surface area contributed by atoms with Gasteiger partial charge >= 0.3 is 0 Å². The van der Waals surface area contributed by atoms with Gasteiger partial charge in [-0.25, -0.2) is 8.42 Å². The van der Waals surface area contributed by atoms with Gasteiger partial charge in [-0.1, -0.05) is 60.7 Å². The summed E-state index contributed by atoms with van der Waals surface area (Å²) in [6.45, 7) is -0.406. The fourth-order valence-electron chi connectivity index (χ4n) is 3.07. The van der Waals surface area contributed by atoms with Gasteiger partial charge in [0.2, 0.25) is 15.5 Å². The first kappa shape index (κ1) is 19.9. The van der Waals surface area contributed by atoms with Gasteiger partial charge in [-0.05, 0) is 11.1 Å². The molecule has 0 saturated carbocycles. The van der Waals surface area contributed by atoms with Crippen molar-refractivity contribution in [3.05, 3.63) is 71.8 Å². The van der Waals surface area contributed by atoms with Gasteiger partial charge in [-0.2, -0.15) is 4.31 Å². The lowest BCUT2D eigenvalue weighted by atomic mass is 10.2. The number of rotatable bonds is 7. The van der Waals surface area contributed by atoms with Crippen molar-refractivity contribution in [3.8, 4) is 0 Å². The van der Waals surface area contributed by atoms with Crippen molar-refractivity contribution in [3.63, 3.8) is 0 Å². The number of aliphatic hydroxyl groups is 3. The molecule has 146 valence electrons. The Bertz CT molecular complexity index is 788. The smallest absolute Gasteiger partial charge is 0.244 e. The predicted octanol–water partition coefficient (Wildman–Crippen LogP) is 0.458. The van der Waals surface area contributed by atoms with Gasteiger partial charge in [0.25, 0.3) is 0 Å². The first-order chi connectivity index (χ1) is 12.9.